The molecule has 1 heterocycles. The summed E-state index contributed by atoms with van der Waals surface area (Å²) in [5.74, 6) is 2.01. The summed E-state index contributed by atoms with van der Waals surface area (Å²) in [6.45, 7) is 4.10. The molecule has 0 radical (unpaired) electrons. The lowest BCUT2D eigenvalue weighted by molar-refractivity contribution is 0.239. The van der Waals surface area contributed by atoms with Gasteiger partial charge in [-0.05, 0) is 36.2 Å². The topological polar surface area (TPSA) is 43.0 Å². The van der Waals surface area contributed by atoms with Crippen LogP contribution in [0.1, 0.15) is 23.6 Å². The summed E-state index contributed by atoms with van der Waals surface area (Å²) >= 11 is 0. The van der Waals surface area contributed by atoms with Crippen LogP contribution in [0.3, 0.4) is 0 Å². The van der Waals surface area contributed by atoms with E-state index in [0.717, 1.165) is 38.2 Å². The van der Waals surface area contributed by atoms with Gasteiger partial charge in [-0.1, -0.05) is 30.3 Å². The zero-order valence-electron chi connectivity index (χ0n) is 15.8. The first kappa shape index (κ1) is 18.5. The zero-order valence-corrected chi connectivity index (χ0v) is 15.8. The number of nitrogens with one attached hydrogen (secondary N) is 1. The van der Waals surface area contributed by atoms with Gasteiger partial charge in [0.15, 0.2) is 11.5 Å². The first-order valence-electron chi connectivity index (χ1n) is 9.08. The average molecular weight is 356 g/mol. The monoisotopic (exact) mass is 356 g/mol. The summed E-state index contributed by atoms with van der Waals surface area (Å²) in [6.07, 6.45) is 1.13. The van der Waals surface area contributed by atoms with Gasteiger partial charge in [0.2, 0.25) is 5.75 Å². The average Bonchev–Trinajstić information content (AvgIpc) is 2.97. The molecule has 1 saturated heterocycles. The minimum atomic E-state index is 0.143. The second-order valence-electron chi connectivity index (χ2n) is 6.41. The normalized spacial score (nSPS) is 16.6. The Bertz CT molecular complexity index is 673. The van der Waals surface area contributed by atoms with Gasteiger partial charge in [-0.15, -0.1) is 0 Å². The van der Waals surface area contributed by atoms with E-state index in [9.17, 15) is 0 Å². The van der Waals surface area contributed by atoms with Crippen LogP contribution >= 0.6 is 0 Å². The fourth-order valence-corrected chi connectivity index (χ4v) is 3.63. The molecular weight excluding hydrogens is 328 g/mol. The van der Waals surface area contributed by atoms with Crippen LogP contribution in [-0.2, 0) is 0 Å². The Kier molecular flexibility index (Phi) is 6.36. The van der Waals surface area contributed by atoms with Crippen molar-refractivity contribution >= 4 is 0 Å². The smallest absolute Gasteiger partial charge is 0.203 e. The van der Waals surface area contributed by atoms with Crippen LogP contribution in [0, 0.1) is 0 Å². The molecule has 0 unspecified atom stereocenters. The number of benzene rings is 2. The molecule has 3 rings (SSSR count). The summed E-state index contributed by atoms with van der Waals surface area (Å²) in [7, 11) is 4.96. The van der Waals surface area contributed by atoms with Crippen LogP contribution in [0.25, 0.3) is 0 Å². The van der Waals surface area contributed by atoms with Crippen molar-refractivity contribution in [3.05, 3.63) is 53.6 Å². The number of rotatable bonds is 6. The third kappa shape index (κ3) is 3.94. The standard InChI is InChI=1S/C21H28N2O3/c1-24-18-14-17(15-19(25-2)21(18)26-3)20(16-8-5-4-6-9-16)23-12-7-10-22-11-13-23/h4-6,8-9,14-15,20,22H,7,10-13H2,1-3H3/t20-/m1/s1. The van der Waals surface area contributed by atoms with Gasteiger partial charge in [-0.3, -0.25) is 4.90 Å². The van der Waals surface area contributed by atoms with Gasteiger partial charge in [0.05, 0.1) is 27.4 Å². The van der Waals surface area contributed by atoms with Gasteiger partial charge >= 0.3 is 0 Å². The predicted octanol–water partition coefficient (Wildman–Crippen LogP) is 3.10. The third-order valence-electron chi connectivity index (χ3n) is 4.86. The van der Waals surface area contributed by atoms with Gasteiger partial charge in [0.1, 0.15) is 0 Å². The second kappa shape index (κ2) is 8.92. The Labute approximate surface area is 155 Å². The maximum absolute atomic E-state index is 5.58. The third-order valence-corrected chi connectivity index (χ3v) is 4.86. The number of hydrogen-bond donors (Lipinski definition) is 1. The van der Waals surface area contributed by atoms with Gasteiger partial charge in [-0.2, -0.15) is 0 Å². The molecule has 140 valence electrons. The Morgan fingerprint density at radius 2 is 1.54 bits per heavy atom. The van der Waals surface area contributed by atoms with Crippen molar-refractivity contribution in [2.75, 3.05) is 47.5 Å². The van der Waals surface area contributed by atoms with Crippen LogP contribution < -0.4 is 19.5 Å². The molecule has 1 fully saturated rings. The molecule has 0 aromatic heterocycles. The van der Waals surface area contributed by atoms with E-state index >= 15 is 0 Å². The van der Waals surface area contributed by atoms with Crippen LogP contribution in [0.4, 0.5) is 0 Å². The highest BCUT2D eigenvalue weighted by Gasteiger charge is 2.26. The van der Waals surface area contributed by atoms with Crippen LogP contribution in [-0.4, -0.2) is 52.4 Å². The second-order valence-corrected chi connectivity index (χ2v) is 6.41. The van der Waals surface area contributed by atoms with Crippen LogP contribution in [0.5, 0.6) is 17.2 Å². The van der Waals surface area contributed by atoms with Gasteiger partial charge < -0.3 is 19.5 Å². The Balaban J connectivity index is 2.09. The number of hydrogen-bond acceptors (Lipinski definition) is 5. The molecule has 2 aromatic carbocycles. The number of nitrogens with zero attached hydrogens (tertiary/aromatic N) is 1. The van der Waals surface area contributed by atoms with Crippen molar-refractivity contribution in [2.24, 2.45) is 0 Å². The van der Waals surface area contributed by atoms with E-state index in [1.807, 2.05) is 0 Å². The maximum Gasteiger partial charge on any atom is 0.203 e. The van der Waals surface area contributed by atoms with Crippen LogP contribution in [0.2, 0.25) is 0 Å². The minimum absolute atomic E-state index is 0.143. The van der Waals surface area contributed by atoms with Gasteiger partial charge in [0.25, 0.3) is 0 Å². The first-order valence-corrected chi connectivity index (χ1v) is 9.08. The highest BCUT2D eigenvalue weighted by molar-refractivity contribution is 5.55. The molecule has 0 bridgehead atoms. The molecule has 1 aliphatic heterocycles. The van der Waals surface area contributed by atoms with Crippen molar-refractivity contribution in [1.82, 2.24) is 10.2 Å². The molecular formula is C21H28N2O3. The molecule has 0 amide bonds. The van der Waals surface area contributed by atoms with E-state index in [4.69, 9.17) is 14.2 Å². The van der Waals surface area contributed by atoms with Gasteiger partial charge in [0, 0.05) is 19.6 Å². The van der Waals surface area contributed by atoms with E-state index in [1.165, 1.54) is 5.56 Å². The Morgan fingerprint density at radius 3 is 2.15 bits per heavy atom. The highest BCUT2D eigenvalue weighted by atomic mass is 16.5. The lowest BCUT2D eigenvalue weighted by atomic mass is 9.96. The predicted molar refractivity (Wildman–Crippen MR) is 103 cm³/mol. The Hall–Kier alpha value is -2.24. The van der Waals surface area contributed by atoms with Crippen molar-refractivity contribution in [1.29, 1.82) is 0 Å². The molecule has 2 aromatic rings. The zero-order chi connectivity index (χ0) is 18.4. The van der Waals surface area contributed by atoms with Crippen molar-refractivity contribution in [3.63, 3.8) is 0 Å². The van der Waals surface area contributed by atoms with E-state index in [2.05, 4.69) is 52.7 Å². The van der Waals surface area contributed by atoms with E-state index in [0.29, 0.717) is 17.2 Å². The lowest BCUT2D eigenvalue weighted by Gasteiger charge is -2.32. The molecule has 1 N–H and O–H groups in total. The fourth-order valence-electron chi connectivity index (χ4n) is 3.63. The molecule has 5 heteroatoms. The van der Waals surface area contributed by atoms with Crippen molar-refractivity contribution in [3.8, 4) is 17.2 Å². The van der Waals surface area contributed by atoms with Crippen LogP contribution in [0.15, 0.2) is 42.5 Å². The largest absolute Gasteiger partial charge is 0.493 e. The minimum Gasteiger partial charge on any atom is -0.493 e. The lowest BCUT2D eigenvalue weighted by Crippen LogP contribution is -2.33. The highest BCUT2D eigenvalue weighted by Crippen LogP contribution is 2.42. The van der Waals surface area contributed by atoms with E-state index in [-0.39, 0.29) is 6.04 Å². The fraction of sp³-hybridized carbons (Fsp3) is 0.429. The molecule has 0 spiro atoms. The maximum atomic E-state index is 5.58. The number of methoxy groups -OCH3 is 3. The van der Waals surface area contributed by atoms with Crippen molar-refractivity contribution in [2.45, 2.75) is 12.5 Å². The summed E-state index contributed by atoms with van der Waals surface area (Å²) in [5, 5.41) is 3.49. The SMILES string of the molecule is COc1cc([C@@H](c2ccccc2)N2CCCNCC2)cc(OC)c1OC. The Morgan fingerprint density at radius 1 is 0.846 bits per heavy atom. The summed E-state index contributed by atoms with van der Waals surface area (Å²) in [6, 6.07) is 14.9. The first-order chi connectivity index (χ1) is 12.8. The molecule has 0 aliphatic carbocycles. The summed E-state index contributed by atoms with van der Waals surface area (Å²) < 4.78 is 16.7. The number of ether oxygens (including phenoxy) is 3. The molecule has 1 atom stereocenters. The molecule has 26 heavy (non-hydrogen) atoms. The molecule has 0 saturated carbocycles. The van der Waals surface area contributed by atoms with Gasteiger partial charge in [-0.25, -0.2) is 0 Å². The molecule has 5 nitrogen and oxygen atoms in total. The quantitative estimate of drug-likeness (QED) is 0.862. The van der Waals surface area contributed by atoms with Crippen molar-refractivity contribution < 1.29 is 14.2 Å². The molecule has 1 aliphatic rings. The summed E-state index contributed by atoms with van der Waals surface area (Å²) in [5.41, 5.74) is 2.41. The van der Waals surface area contributed by atoms with E-state index in [1.54, 1.807) is 21.3 Å². The van der Waals surface area contributed by atoms with E-state index < -0.39 is 0 Å². The summed E-state index contributed by atoms with van der Waals surface area (Å²) in [4.78, 5) is 2.52.